The van der Waals surface area contributed by atoms with Gasteiger partial charge in [0.2, 0.25) is 5.89 Å². The Hall–Kier alpha value is -2.06. The van der Waals surface area contributed by atoms with Crippen molar-refractivity contribution in [1.29, 1.82) is 0 Å². The summed E-state index contributed by atoms with van der Waals surface area (Å²) in [6, 6.07) is 5.04. The lowest BCUT2D eigenvalue weighted by molar-refractivity contribution is 0.0461. The summed E-state index contributed by atoms with van der Waals surface area (Å²) in [5.41, 5.74) is 0.307. The number of esters is 1. The minimum absolute atomic E-state index is 0.0983. The third-order valence-electron chi connectivity index (χ3n) is 3.01. The lowest BCUT2D eigenvalue weighted by Gasteiger charge is -2.04. The number of nitrogens with zero attached hydrogens (tertiary/aromatic N) is 2. The lowest BCUT2D eigenvalue weighted by atomic mass is 10.2. The van der Waals surface area contributed by atoms with Crippen molar-refractivity contribution >= 4 is 33.2 Å². The summed E-state index contributed by atoms with van der Waals surface area (Å²) in [6.45, 7) is 1.63. The Kier molecular flexibility index (Phi) is 4.53. The minimum atomic E-state index is -0.786. The van der Waals surface area contributed by atoms with E-state index in [9.17, 15) is 9.18 Å². The first-order valence-corrected chi connectivity index (χ1v) is 8.20. The van der Waals surface area contributed by atoms with E-state index in [0.29, 0.717) is 21.9 Å². The number of hydrogen-bond donors (Lipinski definition) is 0. The van der Waals surface area contributed by atoms with Gasteiger partial charge in [-0.3, -0.25) is 0 Å². The number of aromatic nitrogens is 2. The maximum absolute atomic E-state index is 13.6. The second-order valence-corrected chi connectivity index (χ2v) is 6.32. The Bertz CT molecular complexity index is 849. The number of pyridine rings is 1. The molecule has 3 aromatic rings. The fraction of sp³-hybridized carbons (Fsp3) is 0.133. The monoisotopic (exact) mass is 396 g/mol. The molecule has 118 valence electrons. The maximum Gasteiger partial charge on any atom is 0.341 e. The molecule has 5 nitrogen and oxygen atoms in total. The number of ether oxygens (including phenoxy) is 1. The average molecular weight is 397 g/mol. The number of halogens is 2. The molecule has 0 atom stereocenters. The number of rotatable bonds is 4. The molecule has 0 aliphatic carbocycles. The highest BCUT2D eigenvalue weighted by atomic mass is 79.9. The first kappa shape index (κ1) is 15.8. The lowest BCUT2D eigenvalue weighted by Crippen LogP contribution is -2.08. The zero-order valence-corrected chi connectivity index (χ0v) is 14.3. The third-order valence-corrected chi connectivity index (χ3v) is 4.30. The molecule has 0 unspecified atom stereocenters. The summed E-state index contributed by atoms with van der Waals surface area (Å²) >= 11 is 4.58. The van der Waals surface area contributed by atoms with E-state index < -0.39 is 11.8 Å². The van der Waals surface area contributed by atoms with Gasteiger partial charge in [-0.15, -0.1) is 11.3 Å². The van der Waals surface area contributed by atoms with Crippen molar-refractivity contribution < 1.29 is 18.3 Å². The van der Waals surface area contributed by atoms with Crippen LogP contribution >= 0.6 is 27.3 Å². The maximum atomic E-state index is 13.6. The van der Waals surface area contributed by atoms with Crippen molar-refractivity contribution in [2.45, 2.75) is 13.5 Å². The van der Waals surface area contributed by atoms with Gasteiger partial charge in [-0.25, -0.2) is 19.2 Å². The van der Waals surface area contributed by atoms with Crippen LogP contribution in [0.5, 0.6) is 0 Å². The quantitative estimate of drug-likeness (QED) is 0.483. The standard InChI is InChI=1S/C15H10BrFN2O3S/c1-8-11(19-14(22-8)12-3-2-4-23-12)7-21-15(20)9-5-13(16)18-6-10(9)17/h2-6H,7H2,1H3. The number of carbonyl (C=O) groups is 1. The fourth-order valence-corrected chi connectivity index (χ4v) is 2.83. The van der Waals surface area contributed by atoms with E-state index in [4.69, 9.17) is 9.15 Å². The smallest absolute Gasteiger partial charge is 0.341 e. The predicted octanol–water partition coefficient (Wildman–Crippen LogP) is 4.37. The van der Waals surface area contributed by atoms with Crippen LogP contribution in [0.1, 0.15) is 21.8 Å². The molecule has 0 aliphatic rings. The Morgan fingerprint density at radius 3 is 3.09 bits per heavy atom. The summed E-state index contributed by atoms with van der Waals surface area (Å²) in [7, 11) is 0. The highest BCUT2D eigenvalue weighted by Crippen LogP contribution is 2.26. The van der Waals surface area contributed by atoms with E-state index in [0.717, 1.165) is 11.1 Å². The highest BCUT2D eigenvalue weighted by molar-refractivity contribution is 9.10. The molecular weight excluding hydrogens is 387 g/mol. The molecule has 0 spiro atoms. The van der Waals surface area contributed by atoms with E-state index in [2.05, 4.69) is 25.9 Å². The van der Waals surface area contributed by atoms with E-state index in [1.165, 1.54) is 17.4 Å². The Labute approximate surface area is 143 Å². The summed E-state index contributed by atoms with van der Waals surface area (Å²) in [6.07, 6.45) is 0.955. The van der Waals surface area contributed by atoms with Crippen LogP contribution in [0.25, 0.3) is 10.8 Å². The van der Waals surface area contributed by atoms with E-state index in [1.54, 1.807) is 6.92 Å². The molecule has 0 N–H and O–H groups in total. The second kappa shape index (κ2) is 6.59. The van der Waals surface area contributed by atoms with Crippen LogP contribution in [0.3, 0.4) is 0 Å². The van der Waals surface area contributed by atoms with Gasteiger partial charge in [0, 0.05) is 0 Å². The van der Waals surface area contributed by atoms with Gasteiger partial charge in [-0.2, -0.15) is 0 Å². The topological polar surface area (TPSA) is 65.2 Å². The number of aryl methyl sites for hydroxylation is 1. The van der Waals surface area contributed by atoms with Crippen LogP contribution in [0, 0.1) is 12.7 Å². The molecule has 0 saturated carbocycles. The second-order valence-electron chi connectivity index (χ2n) is 4.56. The zero-order valence-electron chi connectivity index (χ0n) is 11.9. The summed E-state index contributed by atoms with van der Waals surface area (Å²) in [5, 5.41) is 1.92. The van der Waals surface area contributed by atoms with Gasteiger partial charge < -0.3 is 9.15 Å². The van der Waals surface area contributed by atoms with Gasteiger partial charge in [0.1, 0.15) is 22.7 Å². The van der Waals surface area contributed by atoms with Crippen molar-refractivity contribution in [2.75, 3.05) is 0 Å². The molecule has 3 aromatic heterocycles. The predicted molar refractivity (Wildman–Crippen MR) is 85.6 cm³/mol. The molecule has 0 amide bonds. The molecule has 0 radical (unpaired) electrons. The largest absolute Gasteiger partial charge is 0.455 e. The van der Waals surface area contributed by atoms with Crippen molar-refractivity contribution in [2.24, 2.45) is 0 Å². The Morgan fingerprint density at radius 2 is 2.35 bits per heavy atom. The van der Waals surface area contributed by atoms with Crippen LogP contribution in [0.4, 0.5) is 4.39 Å². The van der Waals surface area contributed by atoms with Crippen LogP contribution in [-0.4, -0.2) is 15.9 Å². The van der Waals surface area contributed by atoms with E-state index in [-0.39, 0.29) is 12.2 Å². The van der Waals surface area contributed by atoms with Crippen molar-refractivity contribution in [1.82, 2.24) is 9.97 Å². The minimum Gasteiger partial charge on any atom is -0.455 e. The van der Waals surface area contributed by atoms with Crippen LogP contribution in [-0.2, 0) is 11.3 Å². The first-order valence-electron chi connectivity index (χ1n) is 6.53. The Balaban J connectivity index is 1.73. The van der Waals surface area contributed by atoms with Crippen molar-refractivity contribution in [3.05, 3.63) is 57.2 Å². The Morgan fingerprint density at radius 1 is 1.52 bits per heavy atom. The fourth-order valence-electron chi connectivity index (χ4n) is 1.85. The van der Waals surface area contributed by atoms with Crippen molar-refractivity contribution in [3.63, 3.8) is 0 Å². The van der Waals surface area contributed by atoms with Gasteiger partial charge in [0.15, 0.2) is 5.82 Å². The van der Waals surface area contributed by atoms with Crippen LogP contribution < -0.4 is 0 Å². The zero-order chi connectivity index (χ0) is 16.4. The number of carbonyl (C=O) groups excluding carboxylic acids is 1. The molecule has 0 bridgehead atoms. The average Bonchev–Trinajstić information content (AvgIpc) is 3.17. The SMILES string of the molecule is Cc1oc(-c2cccs2)nc1COC(=O)c1cc(Br)ncc1F. The van der Waals surface area contributed by atoms with Crippen molar-refractivity contribution in [3.8, 4) is 10.8 Å². The number of hydrogen-bond acceptors (Lipinski definition) is 6. The summed E-state index contributed by atoms with van der Waals surface area (Å²) in [5.74, 6) is -0.501. The number of oxazole rings is 1. The van der Waals surface area contributed by atoms with Gasteiger partial charge >= 0.3 is 5.97 Å². The third kappa shape index (κ3) is 3.48. The number of thiophene rings is 1. The normalized spacial score (nSPS) is 10.7. The molecule has 0 fully saturated rings. The molecule has 0 aromatic carbocycles. The molecule has 0 saturated heterocycles. The highest BCUT2D eigenvalue weighted by Gasteiger charge is 2.17. The summed E-state index contributed by atoms with van der Waals surface area (Å²) in [4.78, 5) is 20.9. The van der Waals surface area contributed by atoms with Gasteiger partial charge in [0.05, 0.1) is 16.6 Å². The molecule has 8 heteroatoms. The molecular formula is C15H10BrFN2O3S. The van der Waals surface area contributed by atoms with Gasteiger partial charge in [-0.05, 0) is 40.4 Å². The molecule has 3 rings (SSSR count). The molecule has 3 heterocycles. The first-order chi connectivity index (χ1) is 11.0. The van der Waals surface area contributed by atoms with Gasteiger partial charge in [-0.1, -0.05) is 6.07 Å². The van der Waals surface area contributed by atoms with Crippen LogP contribution in [0.15, 0.2) is 38.8 Å². The molecule has 0 aliphatic heterocycles. The van der Waals surface area contributed by atoms with E-state index >= 15 is 0 Å². The van der Waals surface area contributed by atoms with E-state index in [1.807, 2.05) is 17.5 Å². The van der Waals surface area contributed by atoms with Crippen LogP contribution in [0.2, 0.25) is 0 Å². The van der Waals surface area contributed by atoms with Gasteiger partial charge in [0.25, 0.3) is 0 Å². The molecule has 23 heavy (non-hydrogen) atoms. The summed E-state index contributed by atoms with van der Waals surface area (Å²) < 4.78 is 24.6.